The smallest absolute Gasteiger partial charge is 0.224 e. The van der Waals surface area contributed by atoms with E-state index in [0.717, 1.165) is 36.7 Å². The second kappa shape index (κ2) is 9.91. The molecule has 2 aliphatic heterocycles. The van der Waals surface area contributed by atoms with E-state index in [1.54, 1.807) is 6.07 Å². The number of amides is 1. The molecule has 2 heterocycles. The van der Waals surface area contributed by atoms with Gasteiger partial charge in [-0.25, -0.2) is 8.42 Å². The highest BCUT2D eigenvalue weighted by Gasteiger charge is 2.35. The topological polar surface area (TPSA) is 69.7 Å². The number of carbonyl (C=O) groups is 1. The number of hydrogen-bond donors (Lipinski definition) is 1. The van der Waals surface area contributed by atoms with E-state index in [1.807, 2.05) is 35.2 Å². The minimum Gasteiger partial charge on any atom is -0.340 e. The van der Waals surface area contributed by atoms with Crippen molar-refractivity contribution in [2.75, 3.05) is 39.3 Å². The number of hydrogen-bond acceptors (Lipinski definition) is 4. The summed E-state index contributed by atoms with van der Waals surface area (Å²) in [6, 6.07) is 11.1. The molecule has 0 spiro atoms. The molecular weight excluding hydrogens is 446 g/mol. The van der Waals surface area contributed by atoms with Crippen LogP contribution < -0.4 is 5.32 Å². The molecule has 8 heteroatoms. The Morgan fingerprint density at radius 3 is 2.44 bits per heavy atom. The lowest BCUT2D eigenvalue weighted by Gasteiger charge is -2.36. The Balaban J connectivity index is 1.43. The zero-order valence-electron chi connectivity index (χ0n) is 18.2. The quantitative estimate of drug-likeness (QED) is 0.648. The lowest BCUT2D eigenvalue weighted by atomic mass is 9.94. The summed E-state index contributed by atoms with van der Waals surface area (Å²) in [6.45, 7) is 7.23. The van der Waals surface area contributed by atoms with E-state index in [0.29, 0.717) is 49.1 Å². The molecule has 1 unspecified atom stereocenters. The van der Waals surface area contributed by atoms with E-state index in [-0.39, 0.29) is 5.91 Å². The molecule has 1 amide bonds. The van der Waals surface area contributed by atoms with Crippen molar-refractivity contribution in [3.63, 3.8) is 0 Å². The standard InChI is InChI=1S/C24H30ClN3O3S/c1-2-23(21-4-3-20-17-22(25)6-5-19(20)16-21)32(30,31)28-13-11-27(12-14-28)24(29)15-18-7-9-26-10-8-18/h2-6,16-18,23,26H,1,7-15H2. The van der Waals surface area contributed by atoms with Crippen molar-refractivity contribution in [3.8, 4) is 0 Å². The van der Waals surface area contributed by atoms with Crippen molar-refractivity contribution >= 4 is 38.3 Å². The number of nitrogens with zero attached hydrogens (tertiary/aromatic N) is 2. The number of halogens is 1. The molecule has 1 atom stereocenters. The largest absolute Gasteiger partial charge is 0.340 e. The summed E-state index contributed by atoms with van der Waals surface area (Å²) in [5, 5.41) is 5.02. The van der Waals surface area contributed by atoms with Gasteiger partial charge >= 0.3 is 0 Å². The fourth-order valence-corrected chi connectivity index (χ4v) is 6.56. The van der Waals surface area contributed by atoms with E-state index >= 15 is 0 Å². The normalized spacial score (nSPS) is 19.7. The van der Waals surface area contributed by atoms with Crippen LogP contribution in [0, 0.1) is 5.92 Å². The van der Waals surface area contributed by atoms with E-state index in [1.165, 1.54) is 10.4 Å². The van der Waals surface area contributed by atoms with Gasteiger partial charge in [0.2, 0.25) is 15.9 Å². The fraction of sp³-hybridized carbons (Fsp3) is 0.458. The number of piperazine rings is 1. The van der Waals surface area contributed by atoms with Gasteiger partial charge in [-0.1, -0.05) is 35.9 Å². The van der Waals surface area contributed by atoms with Crippen LogP contribution in [0.15, 0.2) is 49.1 Å². The Hall–Kier alpha value is -1.93. The summed E-state index contributed by atoms with van der Waals surface area (Å²) in [4.78, 5) is 14.5. The van der Waals surface area contributed by atoms with Gasteiger partial charge in [0.25, 0.3) is 0 Å². The number of carbonyl (C=O) groups excluding carboxylic acids is 1. The minimum absolute atomic E-state index is 0.141. The lowest BCUT2D eigenvalue weighted by molar-refractivity contribution is -0.133. The lowest BCUT2D eigenvalue weighted by Crippen LogP contribution is -2.51. The Morgan fingerprint density at radius 2 is 1.75 bits per heavy atom. The van der Waals surface area contributed by atoms with Crippen molar-refractivity contribution in [1.82, 2.24) is 14.5 Å². The first kappa shape index (κ1) is 23.2. The number of benzene rings is 2. The molecule has 4 rings (SSSR count). The molecule has 1 N–H and O–H groups in total. The number of piperidine rings is 1. The molecular formula is C24H30ClN3O3S. The van der Waals surface area contributed by atoms with Gasteiger partial charge in [-0.05, 0) is 66.4 Å². The van der Waals surface area contributed by atoms with Crippen molar-refractivity contribution < 1.29 is 13.2 Å². The van der Waals surface area contributed by atoms with E-state index < -0.39 is 15.3 Å². The minimum atomic E-state index is -3.64. The van der Waals surface area contributed by atoms with Gasteiger partial charge in [0.15, 0.2) is 0 Å². The van der Waals surface area contributed by atoms with Crippen molar-refractivity contribution in [2.24, 2.45) is 5.92 Å². The zero-order chi connectivity index (χ0) is 22.7. The third kappa shape index (κ3) is 5.01. The van der Waals surface area contributed by atoms with Gasteiger partial charge in [0, 0.05) is 37.6 Å². The number of sulfonamides is 1. The molecule has 2 fully saturated rings. The first-order valence-corrected chi connectivity index (χ1v) is 13.1. The maximum Gasteiger partial charge on any atom is 0.224 e. The summed E-state index contributed by atoms with van der Waals surface area (Å²) in [6.07, 6.45) is 4.10. The first-order valence-electron chi connectivity index (χ1n) is 11.2. The molecule has 0 bridgehead atoms. The average molecular weight is 476 g/mol. The Kier molecular flexibility index (Phi) is 7.20. The summed E-state index contributed by atoms with van der Waals surface area (Å²) in [7, 11) is -3.64. The molecule has 32 heavy (non-hydrogen) atoms. The van der Waals surface area contributed by atoms with Crippen LogP contribution in [0.4, 0.5) is 0 Å². The van der Waals surface area contributed by atoms with Crippen LogP contribution in [0.1, 0.15) is 30.1 Å². The molecule has 2 aromatic carbocycles. The van der Waals surface area contributed by atoms with E-state index in [2.05, 4.69) is 11.9 Å². The van der Waals surface area contributed by atoms with Crippen LogP contribution in [0.3, 0.4) is 0 Å². The maximum atomic E-state index is 13.4. The Labute approximate surface area is 195 Å². The predicted molar refractivity (Wildman–Crippen MR) is 129 cm³/mol. The van der Waals surface area contributed by atoms with Gasteiger partial charge in [-0.15, -0.1) is 6.58 Å². The molecule has 0 aromatic heterocycles. The van der Waals surface area contributed by atoms with Crippen LogP contribution in [0.2, 0.25) is 5.02 Å². The van der Waals surface area contributed by atoms with E-state index in [4.69, 9.17) is 11.6 Å². The second-order valence-electron chi connectivity index (χ2n) is 8.63. The molecule has 0 radical (unpaired) electrons. The molecule has 2 aliphatic rings. The Bertz CT molecular complexity index is 1090. The van der Waals surface area contributed by atoms with Gasteiger partial charge in [-0.3, -0.25) is 4.79 Å². The van der Waals surface area contributed by atoms with Crippen molar-refractivity contribution in [2.45, 2.75) is 24.5 Å². The summed E-state index contributed by atoms with van der Waals surface area (Å²) in [5.41, 5.74) is 0.680. The highest BCUT2D eigenvalue weighted by atomic mass is 35.5. The van der Waals surface area contributed by atoms with Gasteiger partial charge < -0.3 is 10.2 Å². The molecule has 172 valence electrons. The highest BCUT2D eigenvalue weighted by molar-refractivity contribution is 7.89. The zero-order valence-corrected chi connectivity index (χ0v) is 19.7. The van der Waals surface area contributed by atoms with Gasteiger partial charge in [-0.2, -0.15) is 4.31 Å². The van der Waals surface area contributed by atoms with Crippen molar-refractivity contribution in [3.05, 3.63) is 59.6 Å². The third-order valence-corrected chi connectivity index (χ3v) is 8.99. The van der Waals surface area contributed by atoms with Crippen LogP contribution in [0.5, 0.6) is 0 Å². The van der Waals surface area contributed by atoms with E-state index in [9.17, 15) is 13.2 Å². The number of rotatable bonds is 6. The number of fused-ring (bicyclic) bond motifs is 1. The van der Waals surface area contributed by atoms with Crippen molar-refractivity contribution in [1.29, 1.82) is 0 Å². The van der Waals surface area contributed by atoms with Crippen LogP contribution in [-0.4, -0.2) is 62.8 Å². The molecule has 0 saturated carbocycles. The second-order valence-corrected chi connectivity index (χ2v) is 11.1. The third-order valence-electron chi connectivity index (χ3n) is 6.56. The summed E-state index contributed by atoms with van der Waals surface area (Å²) >= 11 is 6.06. The van der Waals surface area contributed by atoms with Crippen LogP contribution in [-0.2, 0) is 14.8 Å². The predicted octanol–water partition coefficient (Wildman–Crippen LogP) is 3.58. The van der Waals surface area contributed by atoms with Gasteiger partial charge in [0.1, 0.15) is 5.25 Å². The highest BCUT2D eigenvalue weighted by Crippen LogP contribution is 2.31. The fourth-order valence-electron chi connectivity index (χ4n) is 4.66. The monoisotopic (exact) mass is 475 g/mol. The molecule has 2 saturated heterocycles. The van der Waals surface area contributed by atoms with Crippen LogP contribution in [0.25, 0.3) is 10.8 Å². The molecule has 2 aromatic rings. The Morgan fingerprint density at radius 1 is 1.09 bits per heavy atom. The first-order chi connectivity index (χ1) is 15.4. The summed E-state index contributed by atoms with van der Waals surface area (Å²) in [5.74, 6) is 0.570. The molecule has 6 nitrogen and oxygen atoms in total. The number of nitrogens with one attached hydrogen (secondary N) is 1. The summed E-state index contributed by atoms with van der Waals surface area (Å²) < 4.78 is 28.3. The SMILES string of the molecule is C=CC(c1ccc2cc(Cl)ccc2c1)S(=O)(=O)N1CCN(C(=O)CC2CCNCC2)CC1. The maximum absolute atomic E-state index is 13.4. The molecule has 0 aliphatic carbocycles. The van der Waals surface area contributed by atoms with Crippen LogP contribution >= 0.6 is 11.6 Å². The van der Waals surface area contributed by atoms with Gasteiger partial charge in [0.05, 0.1) is 0 Å². The average Bonchev–Trinajstić information content (AvgIpc) is 2.80.